The average molecular weight is 414 g/mol. The van der Waals surface area contributed by atoms with Crippen LogP contribution in [0.2, 0.25) is 0 Å². The van der Waals surface area contributed by atoms with Crippen LogP contribution in [0, 0.1) is 5.82 Å². The summed E-state index contributed by atoms with van der Waals surface area (Å²) in [5.41, 5.74) is 1.40. The van der Waals surface area contributed by atoms with E-state index in [0.29, 0.717) is 11.4 Å². The van der Waals surface area contributed by atoms with Crippen molar-refractivity contribution in [2.24, 2.45) is 5.16 Å². The van der Waals surface area contributed by atoms with Crippen molar-refractivity contribution in [3.8, 4) is 5.75 Å². The van der Waals surface area contributed by atoms with Crippen molar-refractivity contribution in [2.75, 3.05) is 19.5 Å². The first-order valence-corrected chi connectivity index (χ1v) is 9.22. The number of rotatable bonds is 7. The van der Waals surface area contributed by atoms with E-state index < -0.39 is 11.9 Å². The summed E-state index contributed by atoms with van der Waals surface area (Å²) in [5.74, 6) is 0.175. The van der Waals surface area contributed by atoms with Gasteiger partial charge in [0.1, 0.15) is 18.7 Å². The Morgan fingerprint density at radius 1 is 1.34 bits per heavy atom. The molecule has 9 nitrogen and oxygen atoms in total. The highest BCUT2D eigenvalue weighted by Gasteiger charge is 2.24. The van der Waals surface area contributed by atoms with Crippen molar-refractivity contribution in [1.29, 1.82) is 0 Å². The molecule has 1 atom stereocenters. The summed E-state index contributed by atoms with van der Waals surface area (Å²) in [6.07, 6.45) is 2.66. The molecule has 0 aliphatic rings. The summed E-state index contributed by atoms with van der Waals surface area (Å²) in [6.45, 7) is 0. The number of halogens is 1. The number of fused-ring (bicyclic) bond motifs is 1. The second kappa shape index (κ2) is 8.19. The number of hydrogen-bond acceptors (Lipinski definition) is 10. The molecule has 0 aliphatic carbocycles. The fraction of sp³-hybridized carbons (Fsp3) is 0.167. The smallest absolute Gasteiger partial charge is 0.263 e. The summed E-state index contributed by atoms with van der Waals surface area (Å²) in [7, 11) is 3.18. The molecule has 148 valence electrons. The van der Waals surface area contributed by atoms with E-state index in [2.05, 4.69) is 35.5 Å². The summed E-state index contributed by atoms with van der Waals surface area (Å²) in [5, 5.41) is 15.0. The minimum atomic E-state index is -0.845. The molecule has 0 saturated carbocycles. The van der Waals surface area contributed by atoms with Gasteiger partial charge in [0.15, 0.2) is 5.13 Å². The van der Waals surface area contributed by atoms with Crippen LogP contribution in [0.4, 0.5) is 9.52 Å². The Balaban J connectivity index is 1.71. The summed E-state index contributed by atoms with van der Waals surface area (Å²) < 4.78 is 26.4. The van der Waals surface area contributed by atoms with Gasteiger partial charge in [0.05, 0.1) is 28.3 Å². The molecular formula is C18H15FN6O3S. The normalized spacial score (nSPS) is 12.4. The van der Waals surface area contributed by atoms with Gasteiger partial charge < -0.3 is 19.3 Å². The van der Waals surface area contributed by atoms with Crippen LogP contribution < -0.4 is 10.1 Å². The molecule has 1 N–H and O–H groups in total. The van der Waals surface area contributed by atoms with Gasteiger partial charge in [-0.1, -0.05) is 16.5 Å². The topological polar surface area (TPSA) is 108 Å². The average Bonchev–Trinajstić information content (AvgIpc) is 3.40. The zero-order chi connectivity index (χ0) is 20.2. The fourth-order valence-corrected chi connectivity index (χ4v) is 3.43. The number of anilines is 1. The van der Waals surface area contributed by atoms with Gasteiger partial charge in [-0.15, -0.1) is 10.2 Å². The quantitative estimate of drug-likeness (QED) is 0.362. The standard InChI is InChI=1S/C18H15FN6O3S/c1-20-18-24-13-4-3-11(6-15(13)29-18)28-16(17-25-22-9-27-17)14-5-10(7-23-26-2)12(19)8-21-14/h3-9,16H,1-2H3,(H,20,24)/b23-7+. The highest BCUT2D eigenvalue weighted by atomic mass is 32.1. The Kier molecular flexibility index (Phi) is 5.29. The first-order chi connectivity index (χ1) is 14.2. The summed E-state index contributed by atoms with van der Waals surface area (Å²) in [4.78, 5) is 13.2. The third-order valence-electron chi connectivity index (χ3n) is 3.90. The highest BCUT2D eigenvalue weighted by molar-refractivity contribution is 7.22. The maximum Gasteiger partial charge on any atom is 0.263 e. The zero-order valence-corrected chi connectivity index (χ0v) is 16.2. The van der Waals surface area contributed by atoms with Gasteiger partial charge in [0.25, 0.3) is 5.89 Å². The van der Waals surface area contributed by atoms with Gasteiger partial charge in [-0.3, -0.25) is 4.98 Å². The third-order valence-corrected chi connectivity index (χ3v) is 4.94. The van der Waals surface area contributed by atoms with E-state index in [4.69, 9.17) is 9.15 Å². The number of nitrogens with one attached hydrogen (secondary N) is 1. The van der Waals surface area contributed by atoms with Gasteiger partial charge in [-0.05, 0) is 24.3 Å². The molecule has 0 aliphatic heterocycles. The number of ether oxygens (including phenoxy) is 1. The molecule has 4 rings (SSSR count). The van der Waals surface area contributed by atoms with Crippen molar-refractivity contribution in [3.05, 3.63) is 59.8 Å². The van der Waals surface area contributed by atoms with E-state index in [0.717, 1.165) is 21.5 Å². The molecule has 0 radical (unpaired) electrons. The molecule has 0 saturated heterocycles. The lowest BCUT2D eigenvalue weighted by molar-refractivity contribution is 0.203. The summed E-state index contributed by atoms with van der Waals surface area (Å²) >= 11 is 1.50. The number of aromatic nitrogens is 4. The lowest BCUT2D eigenvalue weighted by atomic mass is 10.1. The van der Waals surface area contributed by atoms with E-state index in [9.17, 15) is 4.39 Å². The van der Waals surface area contributed by atoms with Crippen molar-refractivity contribution in [3.63, 3.8) is 0 Å². The maximum atomic E-state index is 14.0. The predicted molar refractivity (Wildman–Crippen MR) is 105 cm³/mol. The number of benzene rings is 1. The molecule has 4 aromatic rings. The van der Waals surface area contributed by atoms with E-state index in [1.54, 1.807) is 6.07 Å². The number of pyridine rings is 1. The number of hydrogen-bond donors (Lipinski definition) is 1. The second-order valence-electron chi connectivity index (χ2n) is 5.72. The molecule has 0 bridgehead atoms. The highest BCUT2D eigenvalue weighted by Crippen LogP contribution is 2.32. The molecule has 1 aromatic carbocycles. The van der Waals surface area contributed by atoms with Crippen LogP contribution in [0.1, 0.15) is 23.3 Å². The van der Waals surface area contributed by atoms with E-state index >= 15 is 0 Å². The molecule has 0 spiro atoms. The second-order valence-corrected chi connectivity index (χ2v) is 6.75. The maximum absolute atomic E-state index is 14.0. The van der Waals surface area contributed by atoms with Crippen LogP contribution in [0.25, 0.3) is 10.2 Å². The van der Waals surface area contributed by atoms with Gasteiger partial charge >= 0.3 is 0 Å². The van der Waals surface area contributed by atoms with Crippen molar-refractivity contribution >= 4 is 32.9 Å². The largest absolute Gasteiger partial charge is 0.474 e. The van der Waals surface area contributed by atoms with Crippen LogP contribution >= 0.6 is 11.3 Å². The summed E-state index contributed by atoms with van der Waals surface area (Å²) in [6, 6.07) is 6.97. The van der Waals surface area contributed by atoms with Crippen molar-refractivity contribution < 1.29 is 18.4 Å². The molecule has 3 aromatic heterocycles. The fourth-order valence-electron chi connectivity index (χ4n) is 2.58. The Morgan fingerprint density at radius 3 is 3.00 bits per heavy atom. The molecule has 3 heterocycles. The molecular weight excluding hydrogens is 399 g/mol. The SMILES string of the molecule is CNc1nc2ccc(OC(c3cc(/C=N/OC)c(F)cn3)c3nnco3)cc2s1. The Bertz CT molecular complexity index is 1150. The first kappa shape index (κ1) is 18.7. The Labute approximate surface area is 168 Å². The number of thiazole rings is 1. The predicted octanol–water partition coefficient (Wildman–Crippen LogP) is 3.40. The molecule has 29 heavy (non-hydrogen) atoms. The van der Waals surface area contributed by atoms with Crippen molar-refractivity contribution in [2.45, 2.75) is 6.10 Å². The molecule has 1 unspecified atom stereocenters. The van der Waals surface area contributed by atoms with Crippen LogP contribution in [-0.2, 0) is 4.84 Å². The lowest BCUT2D eigenvalue weighted by Crippen LogP contribution is -2.13. The molecule has 0 amide bonds. The number of nitrogens with zero attached hydrogens (tertiary/aromatic N) is 5. The van der Waals surface area contributed by atoms with Gasteiger partial charge in [-0.25, -0.2) is 9.37 Å². The number of oxime groups is 1. The third kappa shape index (κ3) is 3.99. The Hall–Kier alpha value is -3.60. The zero-order valence-electron chi connectivity index (χ0n) is 15.4. The van der Waals surface area contributed by atoms with E-state index in [1.165, 1.54) is 37.1 Å². The first-order valence-electron chi connectivity index (χ1n) is 8.41. The van der Waals surface area contributed by atoms with Gasteiger partial charge in [0.2, 0.25) is 12.5 Å². The van der Waals surface area contributed by atoms with Crippen LogP contribution in [0.3, 0.4) is 0 Å². The van der Waals surface area contributed by atoms with Gasteiger partial charge in [0, 0.05) is 12.6 Å². The van der Waals surface area contributed by atoms with E-state index in [-0.39, 0.29) is 11.5 Å². The van der Waals surface area contributed by atoms with Gasteiger partial charge in [-0.2, -0.15) is 0 Å². The van der Waals surface area contributed by atoms with Crippen LogP contribution in [0.15, 0.2) is 46.4 Å². The minimum Gasteiger partial charge on any atom is -0.474 e. The molecule has 0 fully saturated rings. The Morgan fingerprint density at radius 2 is 2.24 bits per heavy atom. The lowest BCUT2D eigenvalue weighted by Gasteiger charge is -2.16. The monoisotopic (exact) mass is 414 g/mol. The van der Waals surface area contributed by atoms with Crippen LogP contribution in [-0.4, -0.2) is 40.5 Å². The van der Waals surface area contributed by atoms with E-state index in [1.807, 2.05) is 19.2 Å². The van der Waals surface area contributed by atoms with Crippen molar-refractivity contribution in [1.82, 2.24) is 20.2 Å². The van der Waals surface area contributed by atoms with Crippen LogP contribution in [0.5, 0.6) is 5.75 Å². The molecule has 11 heteroatoms. The minimum absolute atomic E-state index is 0.180.